The summed E-state index contributed by atoms with van der Waals surface area (Å²) in [6.45, 7) is 4.82. The van der Waals surface area contributed by atoms with E-state index in [0.29, 0.717) is 17.0 Å². The monoisotopic (exact) mass is 220 g/mol. The second-order valence-corrected chi connectivity index (χ2v) is 3.97. The summed E-state index contributed by atoms with van der Waals surface area (Å²) in [5, 5.41) is 0. The van der Waals surface area contributed by atoms with Crippen LogP contribution in [-0.4, -0.2) is 19.5 Å². The number of imidazole rings is 1. The van der Waals surface area contributed by atoms with Crippen molar-refractivity contribution < 1.29 is 0 Å². The lowest BCUT2D eigenvalue weighted by Crippen LogP contribution is -2.10. The van der Waals surface area contributed by atoms with Crippen molar-refractivity contribution in [3.8, 4) is 0 Å². The molecule has 0 aliphatic heterocycles. The Kier molecular flexibility index (Phi) is 3.03. The van der Waals surface area contributed by atoms with Crippen LogP contribution in [0.3, 0.4) is 0 Å². The smallest absolute Gasteiger partial charge is 0.279 e. The van der Waals surface area contributed by atoms with Crippen molar-refractivity contribution in [1.29, 1.82) is 0 Å². The normalized spacial score (nSPS) is 11.1. The van der Waals surface area contributed by atoms with Crippen LogP contribution in [0.15, 0.2) is 11.1 Å². The minimum atomic E-state index is -0.156. The van der Waals surface area contributed by atoms with Crippen molar-refractivity contribution in [3.63, 3.8) is 0 Å². The molecule has 0 aromatic carbocycles. The summed E-state index contributed by atoms with van der Waals surface area (Å²) in [5.41, 5.74) is 0.969. The first kappa shape index (κ1) is 10.9. The van der Waals surface area contributed by atoms with E-state index in [9.17, 15) is 4.79 Å². The molecule has 0 radical (unpaired) electrons. The van der Waals surface area contributed by atoms with E-state index in [1.54, 1.807) is 13.3 Å². The highest BCUT2D eigenvalue weighted by molar-refractivity contribution is 5.69. The molecule has 0 aliphatic carbocycles. The average Bonchev–Trinajstić information content (AvgIpc) is 2.62. The molecule has 5 nitrogen and oxygen atoms in total. The van der Waals surface area contributed by atoms with Crippen LogP contribution in [0.25, 0.3) is 11.2 Å². The molecule has 0 spiro atoms. The zero-order valence-electron chi connectivity index (χ0n) is 9.66. The first-order valence-corrected chi connectivity index (χ1v) is 5.64. The number of nitrogens with one attached hydrogen (secondary N) is 1. The molecule has 86 valence electrons. The Labute approximate surface area is 93.5 Å². The van der Waals surface area contributed by atoms with E-state index in [4.69, 9.17) is 0 Å². The molecule has 2 heterocycles. The third-order valence-electron chi connectivity index (χ3n) is 2.60. The predicted octanol–water partition coefficient (Wildman–Crippen LogP) is 1.62. The lowest BCUT2D eigenvalue weighted by atomic mass is 10.2. The van der Waals surface area contributed by atoms with Gasteiger partial charge >= 0.3 is 0 Å². The van der Waals surface area contributed by atoms with Crippen LogP contribution in [-0.2, 0) is 6.54 Å². The van der Waals surface area contributed by atoms with Gasteiger partial charge in [0.1, 0.15) is 5.82 Å². The van der Waals surface area contributed by atoms with Crippen molar-refractivity contribution in [2.24, 2.45) is 0 Å². The summed E-state index contributed by atoms with van der Waals surface area (Å²) < 4.78 is 1.95. The van der Waals surface area contributed by atoms with Crippen molar-refractivity contribution in [2.45, 2.75) is 39.7 Å². The van der Waals surface area contributed by atoms with Crippen molar-refractivity contribution in [2.75, 3.05) is 0 Å². The molecule has 1 N–H and O–H groups in total. The van der Waals surface area contributed by atoms with Gasteiger partial charge in [0.15, 0.2) is 11.2 Å². The summed E-state index contributed by atoms with van der Waals surface area (Å²) in [6, 6.07) is 0. The molecule has 0 amide bonds. The van der Waals surface area contributed by atoms with E-state index in [2.05, 4.69) is 21.9 Å². The van der Waals surface area contributed by atoms with Crippen LogP contribution in [0.4, 0.5) is 0 Å². The van der Waals surface area contributed by atoms with Crippen LogP contribution in [0.1, 0.15) is 32.0 Å². The molecule has 0 unspecified atom stereocenters. The van der Waals surface area contributed by atoms with Gasteiger partial charge in [0.25, 0.3) is 5.56 Å². The second-order valence-electron chi connectivity index (χ2n) is 3.97. The highest BCUT2D eigenvalue weighted by Gasteiger charge is 2.07. The minimum Gasteiger partial charge on any atom is -0.315 e. The Morgan fingerprint density at radius 2 is 2.25 bits per heavy atom. The minimum absolute atomic E-state index is 0.156. The molecular weight excluding hydrogens is 204 g/mol. The number of fused-ring (bicyclic) bond motifs is 1. The van der Waals surface area contributed by atoms with Crippen LogP contribution in [0.5, 0.6) is 0 Å². The molecule has 2 rings (SSSR count). The maximum atomic E-state index is 11.6. The fourth-order valence-electron chi connectivity index (χ4n) is 1.76. The molecular formula is C11H16N4O. The molecule has 0 saturated carbocycles. The topological polar surface area (TPSA) is 63.6 Å². The summed E-state index contributed by atoms with van der Waals surface area (Å²) >= 11 is 0. The van der Waals surface area contributed by atoms with Gasteiger partial charge in [-0.05, 0) is 13.3 Å². The number of aromatic amines is 1. The largest absolute Gasteiger partial charge is 0.315 e. The Bertz CT molecular complexity index is 540. The van der Waals surface area contributed by atoms with Crippen molar-refractivity contribution in [1.82, 2.24) is 19.5 Å². The Balaban J connectivity index is 2.36. The van der Waals surface area contributed by atoms with Crippen LogP contribution < -0.4 is 5.56 Å². The molecule has 2 aromatic heterocycles. The predicted molar refractivity (Wildman–Crippen MR) is 62.4 cm³/mol. The van der Waals surface area contributed by atoms with Crippen LogP contribution in [0, 0.1) is 6.92 Å². The van der Waals surface area contributed by atoms with Crippen molar-refractivity contribution in [3.05, 3.63) is 22.5 Å². The van der Waals surface area contributed by atoms with Gasteiger partial charge < -0.3 is 9.55 Å². The third kappa shape index (κ3) is 1.98. The standard InChI is InChI=1S/C11H16N4O/c1-3-4-5-6-15-7-12-9-10(15)13-8(2)14-11(9)16/h7H,3-6H2,1-2H3,(H,13,14,16). The van der Waals surface area contributed by atoms with Gasteiger partial charge in [-0.1, -0.05) is 19.8 Å². The summed E-state index contributed by atoms with van der Waals surface area (Å²) in [6.07, 6.45) is 5.15. The Hall–Kier alpha value is -1.65. The van der Waals surface area contributed by atoms with Gasteiger partial charge in [0.2, 0.25) is 0 Å². The van der Waals surface area contributed by atoms with Gasteiger partial charge in [0, 0.05) is 6.54 Å². The first-order valence-electron chi connectivity index (χ1n) is 5.64. The van der Waals surface area contributed by atoms with Gasteiger partial charge in [-0.3, -0.25) is 4.79 Å². The second kappa shape index (κ2) is 4.47. The Morgan fingerprint density at radius 1 is 1.44 bits per heavy atom. The maximum absolute atomic E-state index is 11.6. The van der Waals surface area contributed by atoms with E-state index in [0.717, 1.165) is 13.0 Å². The number of rotatable bonds is 4. The van der Waals surface area contributed by atoms with E-state index in [-0.39, 0.29) is 5.56 Å². The van der Waals surface area contributed by atoms with E-state index >= 15 is 0 Å². The highest BCUT2D eigenvalue weighted by Crippen LogP contribution is 2.07. The highest BCUT2D eigenvalue weighted by atomic mass is 16.1. The van der Waals surface area contributed by atoms with Gasteiger partial charge in [-0.25, -0.2) is 9.97 Å². The number of aromatic nitrogens is 4. The lowest BCUT2D eigenvalue weighted by Gasteiger charge is -2.02. The fraction of sp³-hybridized carbons (Fsp3) is 0.545. The zero-order valence-corrected chi connectivity index (χ0v) is 9.66. The summed E-state index contributed by atoms with van der Waals surface area (Å²) in [7, 11) is 0. The van der Waals surface area contributed by atoms with Crippen molar-refractivity contribution >= 4 is 11.2 Å². The summed E-state index contributed by atoms with van der Waals surface area (Å²) in [4.78, 5) is 22.6. The molecule has 16 heavy (non-hydrogen) atoms. The molecule has 0 bridgehead atoms. The molecule has 0 fully saturated rings. The molecule has 0 atom stereocenters. The summed E-state index contributed by atoms with van der Waals surface area (Å²) in [5.74, 6) is 0.634. The molecule has 0 saturated heterocycles. The Morgan fingerprint density at radius 3 is 3.00 bits per heavy atom. The molecule has 5 heteroatoms. The lowest BCUT2D eigenvalue weighted by molar-refractivity contribution is 0.610. The fourth-order valence-corrected chi connectivity index (χ4v) is 1.76. The van der Waals surface area contributed by atoms with Gasteiger partial charge in [-0.2, -0.15) is 0 Å². The van der Waals surface area contributed by atoms with Gasteiger partial charge in [0.05, 0.1) is 6.33 Å². The quantitative estimate of drug-likeness (QED) is 0.796. The van der Waals surface area contributed by atoms with E-state index in [1.165, 1.54) is 12.8 Å². The first-order chi connectivity index (χ1) is 7.72. The number of hydrogen-bond acceptors (Lipinski definition) is 3. The molecule has 0 aliphatic rings. The maximum Gasteiger partial charge on any atom is 0.279 e. The zero-order chi connectivity index (χ0) is 11.5. The third-order valence-corrected chi connectivity index (χ3v) is 2.60. The average molecular weight is 220 g/mol. The van der Waals surface area contributed by atoms with Gasteiger partial charge in [-0.15, -0.1) is 0 Å². The molecule has 2 aromatic rings. The SMILES string of the molecule is CCCCCn1cnc2c(=O)[nH]c(C)nc21. The number of unbranched alkanes of at least 4 members (excludes halogenated alkanes) is 2. The number of hydrogen-bond donors (Lipinski definition) is 1. The van der Waals surface area contributed by atoms with Crippen LogP contribution >= 0.6 is 0 Å². The number of H-pyrrole nitrogens is 1. The number of nitrogens with zero attached hydrogens (tertiary/aromatic N) is 3. The van der Waals surface area contributed by atoms with E-state index in [1.807, 2.05) is 4.57 Å². The van der Waals surface area contributed by atoms with E-state index < -0.39 is 0 Å². The van der Waals surface area contributed by atoms with Crippen LogP contribution in [0.2, 0.25) is 0 Å². The number of aryl methyl sites for hydroxylation is 2.